The van der Waals surface area contributed by atoms with Crippen LogP contribution in [0.4, 0.5) is 0 Å². The highest BCUT2D eigenvalue weighted by atomic mass is 15.2. The van der Waals surface area contributed by atoms with Crippen molar-refractivity contribution >= 4 is 0 Å². The predicted octanol–water partition coefficient (Wildman–Crippen LogP) is 2.96. The molecule has 3 aliphatic heterocycles. The average molecular weight is 308 g/mol. The number of hydrogen-bond acceptors (Lipinski definition) is 3. The summed E-state index contributed by atoms with van der Waals surface area (Å²) in [6, 6.07) is 1.66. The molecule has 3 heterocycles. The van der Waals surface area contributed by atoms with Crippen LogP contribution in [-0.4, -0.2) is 61.2 Å². The molecule has 3 aliphatic rings. The summed E-state index contributed by atoms with van der Waals surface area (Å²) in [6.45, 7) is 12.6. The number of likely N-dealkylation sites (tertiary alicyclic amines) is 2. The van der Waals surface area contributed by atoms with E-state index < -0.39 is 0 Å². The minimum Gasteiger partial charge on any atom is -0.315 e. The molecular formula is C19H37N3. The van der Waals surface area contributed by atoms with E-state index in [4.69, 9.17) is 0 Å². The Morgan fingerprint density at radius 1 is 1.00 bits per heavy atom. The molecule has 3 atom stereocenters. The second-order valence-electron chi connectivity index (χ2n) is 8.09. The van der Waals surface area contributed by atoms with Gasteiger partial charge in [-0.15, -0.1) is 0 Å². The third-order valence-corrected chi connectivity index (χ3v) is 6.57. The minimum absolute atomic E-state index is 0.792. The van der Waals surface area contributed by atoms with Crippen molar-refractivity contribution in [3.63, 3.8) is 0 Å². The highest BCUT2D eigenvalue weighted by molar-refractivity contribution is 4.90. The van der Waals surface area contributed by atoms with Gasteiger partial charge in [0, 0.05) is 25.2 Å². The van der Waals surface area contributed by atoms with E-state index in [2.05, 4.69) is 29.0 Å². The Bertz CT molecular complexity index is 325. The van der Waals surface area contributed by atoms with Gasteiger partial charge in [0.05, 0.1) is 0 Å². The third kappa shape index (κ3) is 4.04. The predicted molar refractivity (Wildman–Crippen MR) is 94.2 cm³/mol. The Labute approximate surface area is 137 Å². The zero-order valence-electron chi connectivity index (χ0n) is 14.9. The van der Waals surface area contributed by atoms with Gasteiger partial charge in [0.15, 0.2) is 0 Å². The summed E-state index contributed by atoms with van der Waals surface area (Å²) < 4.78 is 0. The fraction of sp³-hybridized carbons (Fsp3) is 1.00. The standard InChI is InChI=1S/C19H37N3/c1-3-18-6-4-5-11-22(18)15-17-7-10-20-14-19(17)21-12-8-16(2)9-13-21/h16-20H,3-15H2,1-2H3. The lowest BCUT2D eigenvalue weighted by atomic mass is 9.87. The average Bonchev–Trinajstić information content (AvgIpc) is 2.57. The first-order valence-electron chi connectivity index (χ1n) is 9.96. The second-order valence-corrected chi connectivity index (χ2v) is 8.09. The quantitative estimate of drug-likeness (QED) is 0.861. The summed E-state index contributed by atoms with van der Waals surface area (Å²) in [5.41, 5.74) is 0. The van der Waals surface area contributed by atoms with E-state index in [1.54, 1.807) is 0 Å². The van der Waals surface area contributed by atoms with Crippen LogP contribution in [0.3, 0.4) is 0 Å². The Hall–Kier alpha value is -0.120. The molecule has 0 aromatic heterocycles. The van der Waals surface area contributed by atoms with Crippen molar-refractivity contribution in [1.82, 2.24) is 15.1 Å². The molecule has 0 aromatic rings. The number of rotatable bonds is 4. The van der Waals surface area contributed by atoms with Gasteiger partial charge in [0.2, 0.25) is 0 Å². The van der Waals surface area contributed by atoms with Gasteiger partial charge >= 0.3 is 0 Å². The normalized spacial score (nSPS) is 36.5. The van der Waals surface area contributed by atoms with E-state index in [0.29, 0.717) is 0 Å². The molecule has 0 amide bonds. The molecule has 3 saturated heterocycles. The van der Waals surface area contributed by atoms with Gasteiger partial charge < -0.3 is 10.2 Å². The molecular weight excluding hydrogens is 270 g/mol. The molecule has 128 valence electrons. The van der Waals surface area contributed by atoms with Gasteiger partial charge in [-0.25, -0.2) is 0 Å². The smallest absolute Gasteiger partial charge is 0.0261 e. The van der Waals surface area contributed by atoms with Crippen molar-refractivity contribution in [2.75, 3.05) is 39.3 Å². The fourth-order valence-corrected chi connectivity index (χ4v) is 4.96. The number of piperidine rings is 3. The van der Waals surface area contributed by atoms with Gasteiger partial charge in [0.25, 0.3) is 0 Å². The maximum absolute atomic E-state index is 3.68. The maximum Gasteiger partial charge on any atom is 0.0261 e. The van der Waals surface area contributed by atoms with Crippen LogP contribution in [0.2, 0.25) is 0 Å². The molecule has 0 aliphatic carbocycles. The monoisotopic (exact) mass is 307 g/mol. The molecule has 3 fully saturated rings. The highest BCUT2D eigenvalue weighted by Gasteiger charge is 2.34. The largest absolute Gasteiger partial charge is 0.315 e. The van der Waals surface area contributed by atoms with Crippen LogP contribution in [0.25, 0.3) is 0 Å². The first-order valence-corrected chi connectivity index (χ1v) is 9.96. The van der Waals surface area contributed by atoms with Crippen LogP contribution in [-0.2, 0) is 0 Å². The van der Waals surface area contributed by atoms with Gasteiger partial charge in [-0.2, -0.15) is 0 Å². The minimum atomic E-state index is 0.792. The van der Waals surface area contributed by atoms with E-state index in [9.17, 15) is 0 Å². The lowest BCUT2D eigenvalue weighted by Crippen LogP contribution is -2.56. The molecule has 0 spiro atoms. The van der Waals surface area contributed by atoms with E-state index in [1.807, 2.05) is 0 Å². The number of nitrogens with zero attached hydrogens (tertiary/aromatic N) is 2. The van der Waals surface area contributed by atoms with Gasteiger partial charge in [-0.1, -0.05) is 20.3 Å². The summed E-state index contributed by atoms with van der Waals surface area (Å²) in [4.78, 5) is 5.67. The van der Waals surface area contributed by atoms with Crippen molar-refractivity contribution in [1.29, 1.82) is 0 Å². The van der Waals surface area contributed by atoms with Crippen LogP contribution in [0.15, 0.2) is 0 Å². The second kappa shape index (κ2) is 8.12. The molecule has 0 bridgehead atoms. The van der Waals surface area contributed by atoms with Crippen molar-refractivity contribution in [2.24, 2.45) is 11.8 Å². The van der Waals surface area contributed by atoms with E-state index in [-0.39, 0.29) is 0 Å². The highest BCUT2D eigenvalue weighted by Crippen LogP contribution is 2.28. The Kier molecular flexibility index (Phi) is 6.17. The van der Waals surface area contributed by atoms with Crippen LogP contribution >= 0.6 is 0 Å². The molecule has 3 heteroatoms. The lowest BCUT2D eigenvalue weighted by molar-refractivity contribution is 0.0417. The van der Waals surface area contributed by atoms with Crippen molar-refractivity contribution in [3.8, 4) is 0 Å². The van der Waals surface area contributed by atoms with Crippen LogP contribution in [0.1, 0.15) is 58.8 Å². The van der Waals surface area contributed by atoms with Gasteiger partial charge in [-0.3, -0.25) is 4.90 Å². The molecule has 3 unspecified atom stereocenters. The maximum atomic E-state index is 3.68. The summed E-state index contributed by atoms with van der Waals surface area (Å²) in [5, 5.41) is 3.68. The first kappa shape index (κ1) is 16.7. The Morgan fingerprint density at radius 2 is 1.82 bits per heavy atom. The van der Waals surface area contributed by atoms with Crippen LogP contribution in [0, 0.1) is 11.8 Å². The lowest BCUT2D eigenvalue weighted by Gasteiger charge is -2.46. The number of hydrogen-bond donors (Lipinski definition) is 1. The molecule has 0 aromatic carbocycles. The van der Waals surface area contributed by atoms with E-state index in [1.165, 1.54) is 84.2 Å². The van der Waals surface area contributed by atoms with Crippen LogP contribution in [0.5, 0.6) is 0 Å². The molecule has 1 N–H and O–H groups in total. The van der Waals surface area contributed by atoms with E-state index in [0.717, 1.165) is 23.9 Å². The molecule has 0 saturated carbocycles. The topological polar surface area (TPSA) is 18.5 Å². The van der Waals surface area contributed by atoms with Gasteiger partial charge in [0.1, 0.15) is 0 Å². The van der Waals surface area contributed by atoms with Crippen LogP contribution < -0.4 is 5.32 Å². The summed E-state index contributed by atoms with van der Waals surface area (Å²) in [7, 11) is 0. The first-order chi connectivity index (χ1) is 10.8. The Balaban J connectivity index is 1.59. The van der Waals surface area contributed by atoms with Crippen molar-refractivity contribution in [3.05, 3.63) is 0 Å². The van der Waals surface area contributed by atoms with Gasteiger partial charge in [-0.05, 0) is 76.5 Å². The SMILES string of the molecule is CCC1CCCCN1CC1CCNCC1N1CCC(C)CC1. The zero-order chi connectivity index (χ0) is 15.4. The summed E-state index contributed by atoms with van der Waals surface area (Å²) >= 11 is 0. The van der Waals surface area contributed by atoms with E-state index >= 15 is 0 Å². The molecule has 3 rings (SSSR count). The molecule has 3 nitrogen and oxygen atoms in total. The summed E-state index contributed by atoms with van der Waals surface area (Å²) in [6.07, 6.45) is 9.85. The third-order valence-electron chi connectivity index (χ3n) is 6.57. The zero-order valence-corrected chi connectivity index (χ0v) is 14.9. The van der Waals surface area contributed by atoms with Crippen molar-refractivity contribution < 1.29 is 0 Å². The molecule has 22 heavy (non-hydrogen) atoms. The fourth-order valence-electron chi connectivity index (χ4n) is 4.96. The Morgan fingerprint density at radius 3 is 2.59 bits per heavy atom. The summed E-state index contributed by atoms with van der Waals surface area (Å²) in [5.74, 6) is 1.83. The molecule has 0 radical (unpaired) electrons. The van der Waals surface area contributed by atoms with Crippen molar-refractivity contribution in [2.45, 2.75) is 70.9 Å². The number of nitrogens with one attached hydrogen (secondary N) is 1.